The highest BCUT2D eigenvalue weighted by Gasteiger charge is 2.48. The fourth-order valence-electron chi connectivity index (χ4n) is 3.28. The fourth-order valence-corrected chi connectivity index (χ4v) is 3.28. The molecule has 2 aliphatic heterocycles. The van der Waals surface area contributed by atoms with Crippen LogP contribution in [0, 0.1) is 0 Å². The molecule has 5 heteroatoms. The maximum Gasteiger partial charge on any atom is 0.410 e. The smallest absolute Gasteiger partial charge is 0.410 e. The molecule has 1 atom stereocenters. The summed E-state index contributed by atoms with van der Waals surface area (Å²) in [5.41, 5.74) is -0.626. The summed E-state index contributed by atoms with van der Waals surface area (Å²) in [5.74, 6) is 0. The van der Waals surface area contributed by atoms with Crippen LogP contribution in [-0.2, 0) is 9.47 Å². The van der Waals surface area contributed by atoms with Gasteiger partial charge in [-0.15, -0.1) is 0 Å². The van der Waals surface area contributed by atoms with Gasteiger partial charge in [-0.25, -0.2) is 4.79 Å². The van der Waals surface area contributed by atoms with Gasteiger partial charge in [0.05, 0.1) is 13.1 Å². The highest BCUT2D eigenvalue weighted by Crippen LogP contribution is 2.34. The minimum absolute atomic E-state index is 0.187. The van der Waals surface area contributed by atoms with Gasteiger partial charge in [-0.1, -0.05) is 6.42 Å². The molecule has 2 fully saturated rings. The molecule has 0 N–H and O–H groups in total. The lowest BCUT2D eigenvalue weighted by atomic mass is 9.84. The third-order valence-corrected chi connectivity index (χ3v) is 4.57. The lowest BCUT2D eigenvalue weighted by Crippen LogP contribution is -2.66. The monoisotopic (exact) mass is 298 g/mol. The molecule has 0 aromatic carbocycles. The first-order chi connectivity index (χ1) is 9.75. The SMILES string of the molecule is COC1(CC2CCCCN2C)CN(C(=O)OC(C)(C)C)C1. The van der Waals surface area contributed by atoms with Crippen molar-refractivity contribution in [2.45, 2.75) is 63.7 Å². The van der Waals surface area contributed by atoms with Crippen molar-refractivity contribution in [3.05, 3.63) is 0 Å². The van der Waals surface area contributed by atoms with Crippen LogP contribution in [0.4, 0.5) is 4.79 Å². The molecular weight excluding hydrogens is 268 g/mol. The molecule has 0 spiro atoms. The molecule has 2 saturated heterocycles. The molecule has 1 unspecified atom stereocenters. The molecule has 122 valence electrons. The number of rotatable bonds is 3. The number of piperidine rings is 1. The maximum absolute atomic E-state index is 12.0. The summed E-state index contributed by atoms with van der Waals surface area (Å²) < 4.78 is 11.2. The quantitative estimate of drug-likeness (QED) is 0.803. The Labute approximate surface area is 128 Å². The molecule has 2 rings (SSSR count). The van der Waals surface area contributed by atoms with Gasteiger partial charge in [0.1, 0.15) is 11.2 Å². The van der Waals surface area contributed by atoms with E-state index in [1.54, 1.807) is 12.0 Å². The van der Waals surface area contributed by atoms with Crippen LogP contribution in [0.3, 0.4) is 0 Å². The lowest BCUT2D eigenvalue weighted by Gasteiger charge is -2.51. The van der Waals surface area contributed by atoms with Gasteiger partial charge in [0.15, 0.2) is 0 Å². The molecule has 2 aliphatic rings. The van der Waals surface area contributed by atoms with E-state index in [-0.39, 0.29) is 11.7 Å². The average Bonchev–Trinajstić information content (AvgIpc) is 2.33. The molecule has 0 aromatic heterocycles. The fraction of sp³-hybridized carbons (Fsp3) is 0.938. The number of hydrogen-bond donors (Lipinski definition) is 0. The second kappa shape index (κ2) is 6.13. The van der Waals surface area contributed by atoms with Crippen LogP contribution in [-0.4, -0.2) is 66.9 Å². The zero-order chi connectivity index (χ0) is 15.7. The van der Waals surface area contributed by atoms with E-state index in [4.69, 9.17) is 9.47 Å². The normalized spacial score (nSPS) is 26.3. The van der Waals surface area contributed by atoms with Gasteiger partial charge in [-0.05, 0) is 53.6 Å². The summed E-state index contributed by atoms with van der Waals surface area (Å²) in [6, 6.07) is 0.569. The van der Waals surface area contributed by atoms with Crippen molar-refractivity contribution < 1.29 is 14.3 Å². The van der Waals surface area contributed by atoms with Gasteiger partial charge in [-0.2, -0.15) is 0 Å². The second-order valence-corrected chi connectivity index (χ2v) is 7.56. The zero-order valence-electron chi connectivity index (χ0n) is 14.1. The van der Waals surface area contributed by atoms with E-state index in [0.29, 0.717) is 19.1 Å². The molecule has 2 heterocycles. The van der Waals surface area contributed by atoms with Crippen LogP contribution in [0.1, 0.15) is 46.5 Å². The first-order valence-electron chi connectivity index (χ1n) is 7.98. The van der Waals surface area contributed by atoms with Gasteiger partial charge in [-0.3, -0.25) is 0 Å². The number of ether oxygens (including phenoxy) is 2. The summed E-state index contributed by atoms with van der Waals surface area (Å²) in [5, 5.41) is 0. The third kappa shape index (κ3) is 4.10. The molecular formula is C16H30N2O3. The molecule has 0 aromatic rings. The van der Waals surface area contributed by atoms with E-state index in [2.05, 4.69) is 11.9 Å². The van der Waals surface area contributed by atoms with E-state index in [1.807, 2.05) is 20.8 Å². The van der Waals surface area contributed by atoms with Crippen LogP contribution in [0.2, 0.25) is 0 Å². The van der Waals surface area contributed by atoms with Gasteiger partial charge in [0.25, 0.3) is 0 Å². The predicted molar refractivity (Wildman–Crippen MR) is 82.4 cm³/mol. The zero-order valence-corrected chi connectivity index (χ0v) is 14.1. The topological polar surface area (TPSA) is 42.0 Å². The van der Waals surface area contributed by atoms with Crippen LogP contribution >= 0.6 is 0 Å². The van der Waals surface area contributed by atoms with Gasteiger partial charge >= 0.3 is 6.09 Å². The summed E-state index contributed by atoms with van der Waals surface area (Å²) in [7, 11) is 3.95. The van der Waals surface area contributed by atoms with Crippen molar-refractivity contribution >= 4 is 6.09 Å². The van der Waals surface area contributed by atoms with Crippen molar-refractivity contribution in [3.63, 3.8) is 0 Å². The first kappa shape index (κ1) is 16.6. The Morgan fingerprint density at radius 2 is 1.95 bits per heavy atom. The van der Waals surface area contributed by atoms with Crippen molar-refractivity contribution in [1.29, 1.82) is 0 Å². The minimum atomic E-state index is -0.438. The van der Waals surface area contributed by atoms with E-state index in [9.17, 15) is 4.79 Å². The van der Waals surface area contributed by atoms with Crippen LogP contribution in [0.5, 0.6) is 0 Å². The molecule has 0 bridgehead atoms. The van der Waals surface area contributed by atoms with E-state index >= 15 is 0 Å². The molecule has 0 radical (unpaired) electrons. The molecule has 0 saturated carbocycles. The van der Waals surface area contributed by atoms with Crippen molar-refractivity contribution in [2.75, 3.05) is 33.8 Å². The Bertz CT molecular complexity index is 372. The Hall–Kier alpha value is -0.810. The first-order valence-corrected chi connectivity index (χ1v) is 7.98. The Kier molecular flexibility index (Phi) is 4.83. The third-order valence-electron chi connectivity index (χ3n) is 4.57. The highest BCUT2D eigenvalue weighted by atomic mass is 16.6. The maximum atomic E-state index is 12.0. The average molecular weight is 298 g/mol. The second-order valence-electron chi connectivity index (χ2n) is 7.56. The van der Waals surface area contributed by atoms with Gasteiger partial charge in [0.2, 0.25) is 0 Å². The summed E-state index contributed by atoms with van der Waals surface area (Å²) in [6.45, 7) is 8.13. The number of amides is 1. The minimum Gasteiger partial charge on any atom is -0.444 e. The van der Waals surface area contributed by atoms with E-state index < -0.39 is 5.60 Å². The van der Waals surface area contributed by atoms with Crippen LogP contribution < -0.4 is 0 Å². The largest absolute Gasteiger partial charge is 0.444 e. The number of carbonyl (C=O) groups excluding carboxylic acids is 1. The number of nitrogens with zero attached hydrogens (tertiary/aromatic N) is 2. The molecule has 1 amide bonds. The van der Waals surface area contributed by atoms with E-state index in [0.717, 1.165) is 6.42 Å². The highest BCUT2D eigenvalue weighted by molar-refractivity contribution is 5.69. The lowest BCUT2D eigenvalue weighted by molar-refractivity contribution is -0.135. The number of methoxy groups -OCH3 is 1. The van der Waals surface area contributed by atoms with Crippen molar-refractivity contribution in [1.82, 2.24) is 9.80 Å². The standard InChI is InChI=1S/C16H30N2O3/c1-15(2,3)21-14(19)18-11-16(12-18,20-5)10-13-8-6-7-9-17(13)4/h13H,6-12H2,1-5H3. The van der Waals surface area contributed by atoms with E-state index in [1.165, 1.54) is 25.8 Å². The molecule has 0 aliphatic carbocycles. The summed E-state index contributed by atoms with van der Waals surface area (Å²) in [6.07, 6.45) is 4.58. The van der Waals surface area contributed by atoms with Crippen LogP contribution in [0.25, 0.3) is 0 Å². The Balaban J connectivity index is 1.87. The van der Waals surface area contributed by atoms with Gasteiger partial charge < -0.3 is 19.3 Å². The number of hydrogen-bond acceptors (Lipinski definition) is 4. The van der Waals surface area contributed by atoms with Crippen molar-refractivity contribution in [2.24, 2.45) is 0 Å². The Morgan fingerprint density at radius 1 is 1.29 bits per heavy atom. The Morgan fingerprint density at radius 3 is 2.48 bits per heavy atom. The van der Waals surface area contributed by atoms with Gasteiger partial charge in [0, 0.05) is 13.2 Å². The molecule has 5 nitrogen and oxygen atoms in total. The number of likely N-dealkylation sites (tertiary alicyclic amines) is 2. The molecule has 21 heavy (non-hydrogen) atoms. The van der Waals surface area contributed by atoms with Crippen LogP contribution in [0.15, 0.2) is 0 Å². The van der Waals surface area contributed by atoms with Crippen molar-refractivity contribution in [3.8, 4) is 0 Å². The summed E-state index contributed by atoms with van der Waals surface area (Å²) >= 11 is 0. The predicted octanol–water partition coefficient (Wildman–Crippen LogP) is 2.50. The summed E-state index contributed by atoms with van der Waals surface area (Å²) in [4.78, 5) is 16.2. The number of carbonyl (C=O) groups is 1.